The zero-order valence-electron chi connectivity index (χ0n) is 49.5. The number of aliphatic hydroxyl groups is 2. The first-order valence-corrected chi connectivity index (χ1v) is 29.7. The number of benzene rings is 3. The smallest absolute Gasteiger partial charge is 0.343 e. The number of nitrogens with one attached hydrogen (secondary N) is 4. The number of ether oxygens (including phenoxy) is 7. The molecule has 3 unspecified atom stereocenters. The fourth-order valence-electron chi connectivity index (χ4n) is 11.0. The van der Waals surface area contributed by atoms with Crippen molar-refractivity contribution in [3.8, 4) is 11.4 Å². The van der Waals surface area contributed by atoms with Gasteiger partial charge in [-0.3, -0.25) is 24.0 Å². The predicted octanol–water partition coefficient (Wildman–Crippen LogP) is 4.44. The maximum atomic E-state index is 15.5. The maximum Gasteiger partial charge on any atom is 0.343 e. The number of halogens is 1. The number of anilines is 1. The minimum absolute atomic E-state index is 0.0300. The topological polar surface area (TPSA) is 348 Å². The SMILES string of the molecule is CC[C@@]1(O)C(=O)OCc2c1cc1n(c2=O)Cc2c-1nc1cc(F)c(C)c3c1c2[C@@H](NC(=O)C(O)c1ccc(NC(=O)C(CCCCN)NC(=O)C(Cc2ccccc2)NC(=O)CCOCCOCCOCCOCCOCCOCCN=[N+]=[N-])cc1)CC3. The second-order valence-corrected chi connectivity index (χ2v) is 21.5. The highest BCUT2D eigenvalue weighted by Gasteiger charge is 2.46. The summed E-state index contributed by atoms with van der Waals surface area (Å²) in [5.74, 6) is -3.66. The first kappa shape index (κ1) is 66.2. The van der Waals surface area contributed by atoms with E-state index in [-0.39, 0.29) is 81.9 Å². The van der Waals surface area contributed by atoms with E-state index in [1.807, 2.05) is 30.3 Å². The van der Waals surface area contributed by atoms with E-state index in [0.29, 0.717) is 142 Å². The molecule has 0 saturated carbocycles. The van der Waals surface area contributed by atoms with Crippen LogP contribution in [0.2, 0.25) is 0 Å². The van der Waals surface area contributed by atoms with Gasteiger partial charge in [-0.1, -0.05) is 54.5 Å². The van der Waals surface area contributed by atoms with Gasteiger partial charge in [-0.15, -0.1) is 0 Å². The van der Waals surface area contributed by atoms with Crippen LogP contribution in [0.5, 0.6) is 0 Å². The van der Waals surface area contributed by atoms with Crippen molar-refractivity contribution in [3.05, 3.63) is 138 Å². The van der Waals surface area contributed by atoms with Crippen molar-refractivity contribution in [2.75, 3.05) is 97.7 Å². The molecule has 472 valence electrons. The second kappa shape index (κ2) is 32.5. The Morgan fingerprint density at radius 1 is 0.841 bits per heavy atom. The van der Waals surface area contributed by atoms with Gasteiger partial charge in [0.1, 0.15) is 24.5 Å². The van der Waals surface area contributed by atoms with E-state index in [0.717, 1.165) is 5.56 Å². The number of fused-ring (bicyclic) bond motifs is 5. The van der Waals surface area contributed by atoms with E-state index >= 15 is 4.39 Å². The predicted molar refractivity (Wildman–Crippen MR) is 319 cm³/mol. The summed E-state index contributed by atoms with van der Waals surface area (Å²) in [7, 11) is 0. The first-order valence-electron chi connectivity index (χ1n) is 29.7. The zero-order valence-corrected chi connectivity index (χ0v) is 49.5. The number of aliphatic hydroxyl groups excluding tert-OH is 1. The van der Waals surface area contributed by atoms with Gasteiger partial charge >= 0.3 is 5.97 Å². The van der Waals surface area contributed by atoms with Crippen molar-refractivity contribution in [1.29, 1.82) is 0 Å². The highest BCUT2D eigenvalue weighted by Crippen LogP contribution is 2.46. The number of cyclic esters (lactones) is 1. The molecule has 4 amide bonds. The van der Waals surface area contributed by atoms with E-state index in [9.17, 15) is 39.0 Å². The molecule has 25 nitrogen and oxygen atoms in total. The monoisotopic (exact) mass is 1220 g/mol. The molecule has 5 aromatic rings. The number of aromatic nitrogens is 2. The average molecular weight is 1220 g/mol. The lowest BCUT2D eigenvalue weighted by Gasteiger charge is -2.31. The lowest BCUT2D eigenvalue weighted by molar-refractivity contribution is -0.172. The molecule has 0 saturated heterocycles. The van der Waals surface area contributed by atoms with Gasteiger partial charge in [0.25, 0.3) is 11.5 Å². The van der Waals surface area contributed by atoms with E-state index in [1.165, 1.54) is 34.9 Å². The standard InChI is InChI=1S/C62H77FN10O15/c1-3-62(81)45-34-51-55-43(36-73(51)60(79)44(45)37-88-61(62)80)54-47(17-16-42-38(2)46(63)35-49(69-55)53(42)54)70-59(78)56(75)40-12-14-41(15-13-40)67-57(76)48(11-7-8-19-64)71-58(77)50(33-39-9-5-4-6-10-39)68-52(74)18-21-82-23-25-84-27-29-86-31-32-87-30-28-85-26-24-83-22-20-66-72-65/h4-6,9-10,12-15,34-35,47-48,50,56,75,81H,3,7-8,11,16-33,36-37,64H2,1-2H3,(H,67,76)(H,68,74)(H,70,78)(H,71,77)/t47-,48?,50?,56?,62-/m0/s1. The van der Waals surface area contributed by atoms with Gasteiger partial charge in [-0.2, -0.15) is 0 Å². The quantitative estimate of drug-likeness (QED) is 0.00939. The summed E-state index contributed by atoms with van der Waals surface area (Å²) >= 11 is 0. The van der Waals surface area contributed by atoms with Gasteiger partial charge < -0.3 is 74.9 Å². The van der Waals surface area contributed by atoms with Crippen molar-refractivity contribution in [2.24, 2.45) is 10.8 Å². The third kappa shape index (κ3) is 16.7. The zero-order chi connectivity index (χ0) is 62.6. The van der Waals surface area contributed by atoms with Crippen LogP contribution in [0, 0.1) is 12.7 Å². The molecule has 88 heavy (non-hydrogen) atoms. The first-order chi connectivity index (χ1) is 42.7. The van der Waals surface area contributed by atoms with Crippen LogP contribution in [0.3, 0.4) is 0 Å². The van der Waals surface area contributed by atoms with Crippen molar-refractivity contribution < 1.29 is 71.7 Å². The Kier molecular flexibility index (Phi) is 24.4. The fourth-order valence-corrected chi connectivity index (χ4v) is 11.0. The summed E-state index contributed by atoms with van der Waals surface area (Å²) in [5, 5.41) is 38.5. The molecule has 3 aromatic carbocycles. The number of carbonyl (C=O) groups is 5. The number of esters is 1. The van der Waals surface area contributed by atoms with Crippen LogP contribution in [0.15, 0.2) is 76.6 Å². The molecular weight excluding hydrogens is 1140 g/mol. The molecule has 3 aliphatic rings. The lowest BCUT2D eigenvalue weighted by Crippen LogP contribution is -2.53. The van der Waals surface area contributed by atoms with Gasteiger partial charge in [0.05, 0.1) is 114 Å². The number of hydrogen-bond donors (Lipinski definition) is 7. The normalized spacial score (nSPS) is 16.5. The summed E-state index contributed by atoms with van der Waals surface area (Å²) in [6.07, 6.45) is 0.336. The fraction of sp³-hybridized carbons (Fsp3) is 0.500. The molecule has 2 aliphatic heterocycles. The number of rotatable bonds is 36. The second-order valence-electron chi connectivity index (χ2n) is 21.5. The maximum absolute atomic E-state index is 15.5. The number of nitrogens with two attached hydrogens (primary N) is 1. The van der Waals surface area contributed by atoms with Crippen LogP contribution >= 0.6 is 0 Å². The van der Waals surface area contributed by atoms with Gasteiger partial charge in [-0.25, -0.2) is 14.2 Å². The highest BCUT2D eigenvalue weighted by atomic mass is 19.1. The Morgan fingerprint density at radius 2 is 1.49 bits per heavy atom. The Hall–Kier alpha value is -7.75. The van der Waals surface area contributed by atoms with Crippen LogP contribution in [0.25, 0.3) is 32.7 Å². The largest absolute Gasteiger partial charge is 0.458 e. The lowest BCUT2D eigenvalue weighted by atomic mass is 9.81. The number of amides is 4. The molecule has 8 rings (SSSR count). The van der Waals surface area contributed by atoms with Crippen molar-refractivity contribution >= 4 is 46.2 Å². The summed E-state index contributed by atoms with van der Waals surface area (Å²) in [5.41, 5.74) is 16.3. The van der Waals surface area contributed by atoms with Crippen LogP contribution in [0.4, 0.5) is 10.1 Å². The molecule has 0 radical (unpaired) electrons. The van der Waals surface area contributed by atoms with Crippen molar-refractivity contribution in [1.82, 2.24) is 25.5 Å². The van der Waals surface area contributed by atoms with Crippen LogP contribution in [0.1, 0.15) is 102 Å². The Labute approximate surface area is 507 Å². The van der Waals surface area contributed by atoms with Gasteiger partial charge in [-0.05, 0) is 104 Å². The summed E-state index contributed by atoms with van der Waals surface area (Å²) in [6, 6.07) is 15.2. The van der Waals surface area contributed by atoms with Gasteiger partial charge in [0, 0.05) is 52.6 Å². The molecule has 2 aromatic heterocycles. The number of hydrogen-bond acceptors (Lipinski definition) is 18. The van der Waals surface area contributed by atoms with E-state index in [2.05, 4.69) is 31.3 Å². The Bertz CT molecular complexity index is 3370. The van der Waals surface area contributed by atoms with E-state index < -0.39 is 70.8 Å². The molecule has 0 bridgehead atoms. The third-order valence-corrected chi connectivity index (χ3v) is 15.7. The van der Waals surface area contributed by atoms with E-state index in [4.69, 9.17) is 49.4 Å². The molecule has 4 heterocycles. The number of aryl methyl sites for hydroxylation is 1. The molecule has 8 N–H and O–H groups in total. The number of azide groups is 1. The molecular formula is C62H77FN10O15. The van der Waals surface area contributed by atoms with Gasteiger partial charge in [0.2, 0.25) is 17.7 Å². The summed E-state index contributed by atoms with van der Waals surface area (Å²) < 4.78 is 55.1. The molecule has 0 spiro atoms. The molecule has 5 atom stereocenters. The summed E-state index contributed by atoms with van der Waals surface area (Å²) in [6.45, 7) is 7.60. The highest BCUT2D eigenvalue weighted by molar-refractivity contribution is 5.99. The minimum Gasteiger partial charge on any atom is -0.458 e. The number of pyridine rings is 2. The molecule has 1 aliphatic carbocycles. The molecule has 0 fully saturated rings. The Balaban J connectivity index is 0.829. The number of unbranched alkanes of at least 4 members (excludes halogenated alkanes) is 1. The third-order valence-electron chi connectivity index (χ3n) is 15.7. The van der Waals surface area contributed by atoms with Crippen LogP contribution in [-0.4, -0.2) is 154 Å². The Morgan fingerprint density at radius 3 is 2.12 bits per heavy atom. The number of carbonyl (C=O) groups excluding carboxylic acids is 5. The van der Waals surface area contributed by atoms with E-state index in [1.54, 1.807) is 19.9 Å². The van der Waals surface area contributed by atoms with Crippen molar-refractivity contribution in [2.45, 2.75) is 108 Å². The minimum atomic E-state index is -2.06. The summed E-state index contributed by atoms with van der Waals surface area (Å²) in [4.78, 5) is 90.0. The van der Waals surface area contributed by atoms with Gasteiger partial charge in [0.15, 0.2) is 11.7 Å². The van der Waals surface area contributed by atoms with Crippen LogP contribution in [-0.2, 0) is 88.7 Å². The average Bonchev–Trinajstić information content (AvgIpc) is 1.53. The number of nitrogens with zero attached hydrogens (tertiary/aromatic N) is 5. The molecule has 26 heteroatoms. The van der Waals surface area contributed by atoms with Crippen LogP contribution < -0.4 is 32.6 Å². The van der Waals surface area contributed by atoms with Crippen molar-refractivity contribution in [3.63, 3.8) is 0 Å².